The van der Waals surface area contributed by atoms with Gasteiger partial charge >= 0.3 is 6.03 Å². The standard InChI is InChI=1S/C20H28N4O4/c1-13-9-15(19(26)21-7-8-28-2)3-6-17(13)23-20(27)22-11-14-10-18(25)24(12-14)16-4-5-16/h3,6,9,14,16H,4-5,7-8,10-12H2,1-2H3,(H,21,26)(H2,22,23,27)/t14-/m0/s1. The van der Waals surface area contributed by atoms with Crippen LogP contribution in [0.3, 0.4) is 0 Å². The molecular weight excluding hydrogens is 360 g/mol. The van der Waals surface area contributed by atoms with Crippen molar-refractivity contribution in [2.24, 2.45) is 5.92 Å². The Labute approximate surface area is 165 Å². The predicted molar refractivity (Wildman–Crippen MR) is 105 cm³/mol. The van der Waals surface area contributed by atoms with E-state index in [2.05, 4.69) is 16.0 Å². The summed E-state index contributed by atoms with van der Waals surface area (Å²) in [5.41, 5.74) is 1.97. The molecule has 1 aliphatic carbocycles. The number of benzene rings is 1. The maximum Gasteiger partial charge on any atom is 0.319 e. The molecule has 0 radical (unpaired) electrons. The molecule has 0 unspecified atom stereocenters. The van der Waals surface area contributed by atoms with Crippen LogP contribution in [0, 0.1) is 12.8 Å². The molecule has 1 aromatic rings. The lowest BCUT2D eigenvalue weighted by Gasteiger charge is -2.16. The fourth-order valence-corrected chi connectivity index (χ4v) is 3.40. The highest BCUT2D eigenvalue weighted by molar-refractivity contribution is 5.96. The molecule has 0 spiro atoms. The number of urea groups is 1. The predicted octanol–water partition coefficient (Wildman–Crippen LogP) is 1.50. The highest BCUT2D eigenvalue weighted by Gasteiger charge is 2.39. The van der Waals surface area contributed by atoms with E-state index in [1.807, 2.05) is 11.8 Å². The molecular formula is C20H28N4O4. The van der Waals surface area contributed by atoms with Crippen LogP contribution in [0.15, 0.2) is 18.2 Å². The Bertz CT molecular complexity index is 748. The number of methoxy groups -OCH3 is 1. The number of anilines is 1. The summed E-state index contributed by atoms with van der Waals surface area (Å²) in [6, 6.07) is 5.25. The van der Waals surface area contributed by atoms with Crippen LogP contribution in [0.1, 0.15) is 35.2 Å². The molecule has 3 N–H and O–H groups in total. The van der Waals surface area contributed by atoms with E-state index in [-0.39, 0.29) is 23.8 Å². The van der Waals surface area contributed by atoms with Crippen molar-refractivity contribution in [1.29, 1.82) is 0 Å². The van der Waals surface area contributed by atoms with Gasteiger partial charge < -0.3 is 25.6 Å². The third kappa shape index (κ3) is 5.22. The highest BCUT2D eigenvalue weighted by Crippen LogP contribution is 2.32. The lowest BCUT2D eigenvalue weighted by Crippen LogP contribution is -2.34. The lowest BCUT2D eigenvalue weighted by molar-refractivity contribution is -0.128. The monoisotopic (exact) mass is 388 g/mol. The van der Waals surface area contributed by atoms with Gasteiger partial charge in [0.1, 0.15) is 0 Å². The molecule has 4 amide bonds. The van der Waals surface area contributed by atoms with Crippen LogP contribution >= 0.6 is 0 Å². The topological polar surface area (TPSA) is 99.8 Å². The Kier molecular flexibility index (Phi) is 6.51. The maximum atomic E-state index is 12.2. The van der Waals surface area contributed by atoms with Crippen molar-refractivity contribution in [3.05, 3.63) is 29.3 Å². The largest absolute Gasteiger partial charge is 0.383 e. The van der Waals surface area contributed by atoms with Gasteiger partial charge in [0.05, 0.1) is 6.61 Å². The van der Waals surface area contributed by atoms with Crippen molar-refractivity contribution in [3.63, 3.8) is 0 Å². The van der Waals surface area contributed by atoms with E-state index in [1.165, 1.54) is 0 Å². The first kappa shape index (κ1) is 20.1. The normalized spacial score (nSPS) is 18.9. The van der Waals surface area contributed by atoms with Crippen molar-refractivity contribution in [2.75, 3.05) is 38.7 Å². The fourth-order valence-electron chi connectivity index (χ4n) is 3.40. The molecule has 8 nitrogen and oxygen atoms in total. The first-order valence-corrected chi connectivity index (χ1v) is 9.70. The molecule has 1 saturated heterocycles. The van der Waals surface area contributed by atoms with Gasteiger partial charge in [-0.05, 0) is 43.5 Å². The molecule has 28 heavy (non-hydrogen) atoms. The van der Waals surface area contributed by atoms with Gasteiger partial charge in [0.25, 0.3) is 5.91 Å². The number of hydrogen-bond acceptors (Lipinski definition) is 4. The van der Waals surface area contributed by atoms with E-state index >= 15 is 0 Å². The number of rotatable bonds is 8. The number of amides is 4. The van der Waals surface area contributed by atoms with Gasteiger partial charge in [0.2, 0.25) is 5.91 Å². The van der Waals surface area contributed by atoms with E-state index in [1.54, 1.807) is 25.3 Å². The quantitative estimate of drug-likeness (QED) is 0.588. The molecule has 3 rings (SSSR count). The number of aryl methyl sites for hydroxylation is 1. The number of nitrogens with zero attached hydrogens (tertiary/aromatic N) is 1. The van der Waals surface area contributed by atoms with E-state index < -0.39 is 0 Å². The van der Waals surface area contributed by atoms with E-state index in [9.17, 15) is 14.4 Å². The average Bonchev–Trinajstić information content (AvgIpc) is 3.44. The zero-order valence-corrected chi connectivity index (χ0v) is 16.4. The fraction of sp³-hybridized carbons (Fsp3) is 0.550. The maximum absolute atomic E-state index is 12.2. The Morgan fingerprint density at radius 3 is 2.71 bits per heavy atom. The van der Waals surface area contributed by atoms with Crippen LogP contribution in [-0.4, -0.2) is 62.1 Å². The molecule has 152 valence electrons. The van der Waals surface area contributed by atoms with Gasteiger partial charge in [-0.3, -0.25) is 9.59 Å². The van der Waals surface area contributed by atoms with Crippen LogP contribution in [0.5, 0.6) is 0 Å². The molecule has 1 aromatic carbocycles. The molecule has 2 aliphatic rings. The summed E-state index contributed by atoms with van der Waals surface area (Å²) in [7, 11) is 1.58. The molecule has 0 bridgehead atoms. The summed E-state index contributed by atoms with van der Waals surface area (Å²) in [5, 5.41) is 8.42. The number of nitrogens with one attached hydrogen (secondary N) is 3. The Morgan fingerprint density at radius 1 is 1.25 bits per heavy atom. The minimum atomic E-state index is -0.308. The van der Waals surface area contributed by atoms with Crippen molar-refractivity contribution in [3.8, 4) is 0 Å². The van der Waals surface area contributed by atoms with Crippen molar-refractivity contribution in [1.82, 2.24) is 15.5 Å². The van der Waals surface area contributed by atoms with Gasteiger partial charge in [0.15, 0.2) is 0 Å². The summed E-state index contributed by atoms with van der Waals surface area (Å²) < 4.78 is 4.91. The third-order valence-corrected chi connectivity index (χ3v) is 5.11. The van der Waals surface area contributed by atoms with Gasteiger partial charge in [0, 0.05) is 56.4 Å². The summed E-state index contributed by atoms with van der Waals surface area (Å²) in [4.78, 5) is 38.2. The zero-order valence-electron chi connectivity index (χ0n) is 16.4. The Morgan fingerprint density at radius 2 is 2.04 bits per heavy atom. The minimum absolute atomic E-state index is 0.165. The molecule has 2 fully saturated rings. The van der Waals surface area contributed by atoms with Gasteiger partial charge in [-0.1, -0.05) is 0 Å². The molecule has 8 heteroatoms. The second-order valence-corrected chi connectivity index (χ2v) is 7.46. The second-order valence-electron chi connectivity index (χ2n) is 7.46. The van der Waals surface area contributed by atoms with E-state index in [0.29, 0.717) is 43.4 Å². The van der Waals surface area contributed by atoms with Gasteiger partial charge in [-0.2, -0.15) is 0 Å². The van der Waals surface area contributed by atoms with Crippen LogP contribution in [0.4, 0.5) is 10.5 Å². The van der Waals surface area contributed by atoms with Crippen LogP contribution in [0.2, 0.25) is 0 Å². The molecule has 1 aliphatic heterocycles. The first-order chi connectivity index (χ1) is 13.5. The average molecular weight is 388 g/mol. The summed E-state index contributed by atoms with van der Waals surface area (Å²) >= 11 is 0. The highest BCUT2D eigenvalue weighted by atomic mass is 16.5. The smallest absolute Gasteiger partial charge is 0.319 e. The number of hydrogen-bond donors (Lipinski definition) is 3. The van der Waals surface area contributed by atoms with Crippen molar-refractivity contribution in [2.45, 2.75) is 32.2 Å². The van der Waals surface area contributed by atoms with Gasteiger partial charge in [-0.25, -0.2) is 4.79 Å². The lowest BCUT2D eigenvalue weighted by atomic mass is 10.1. The number of carbonyl (C=O) groups excluding carboxylic acids is 3. The van der Waals surface area contributed by atoms with E-state index in [4.69, 9.17) is 4.74 Å². The van der Waals surface area contributed by atoms with Crippen molar-refractivity contribution < 1.29 is 19.1 Å². The third-order valence-electron chi connectivity index (χ3n) is 5.11. The molecule has 1 atom stereocenters. The van der Waals surface area contributed by atoms with Gasteiger partial charge in [-0.15, -0.1) is 0 Å². The van der Waals surface area contributed by atoms with Crippen LogP contribution < -0.4 is 16.0 Å². The molecule has 1 saturated carbocycles. The van der Waals surface area contributed by atoms with E-state index in [0.717, 1.165) is 24.9 Å². The number of carbonyl (C=O) groups is 3. The minimum Gasteiger partial charge on any atom is -0.383 e. The second kappa shape index (κ2) is 9.05. The van der Waals surface area contributed by atoms with Crippen LogP contribution in [0.25, 0.3) is 0 Å². The number of likely N-dealkylation sites (tertiary alicyclic amines) is 1. The summed E-state index contributed by atoms with van der Waals surface area (Å²) in [6.45, 7) is 3.94. The first-order valence-electron chi connectivity index (χ1n) is 9.70. The Balaban J connectivity index is 1.46. The van der Waals surface area contributed by atoms with Crippen LogP contribution in [-0.2, 0) is 9.53 Å². The summed E-state index contributed by atoms with van der Waals surface area (Å²) in [5.74, 6) is 0.185. The number of ether oxygens (including phenoxy) is 1. The Hall–Kier alpha value is -2.61. The molecule has 0 aromatic heterocycles. The summed E-state index contributed by atoms with van der Waals surface area (Å²) in [6.07, 6.45) is 2.71. The molecule has 1 heterocycles. The zero-order chi connectivity index (χ0) is 20.1. The SMILES string of the molecule is COCCNC(=O)c1ccc(NC(=O)NC[C@@H]2CC(=O)N(C3CC3)C2)c(C)c1. The van der Waals surface area contributed by atoms with Crippen molar-refractivity contribution >= 4 is 23.5 Å².